The van der Waals surface area contributed by atoms with E-state index in [1.54, 1.807) is 45.0 Å². The van der Waals surface area contributed by atoms with Crippen LogP contribution in [0.1, 0.15) is 20.8 Å². The first kappa shape index (κ1) is 20.4. The fourth-order valence-electron chi connectivity index (χ4n) is 1.52. The van der Waals surface area contributed by atoms with Crippen molar-refractivity contribution >= 4 is 35.6 Å². The second-order valence-electron chi connectivity index (χ2n) is 5.09. The molecule has 0 bridgehead atoms. The number of hydrogen-bond donors (Lipinski definition) is 3. The number of nitrogens with one attached hydrogen (secondary N) is 2. The third-order valence-corrected chi connectivity index (χ3v) is 3.32. The van der Waals surface area contributed by atoms with E-state index in [0.717, 1.165) is 0 Å². The molecule has 1 rings (SSSR count). The van der Waals surface area contributed by atoms with Gasteiger partial charge in [0, 0.05) is 24.5 Å². The third-order valence-electron chi connectivity index (χ3n) is 3.32. The van der Waals surface area contributed by atoms with Gasteiger partial charge in [-0.1, -0.05) is 13.0 Å². The van der Waals surface area contributed by atoms with Gasteiger partial charge in [-0.25, -0.2) is 0 Å². The quantitative estimate of drug-likeness (QED) is 0.744. The molecule has 0 aliphatic carbocycles. The summed E-state index contributed by atoms with van der Waals surface area (Å²) in [5, 5.41) is 5.50. The number of carbonyl (C=O) groups excluding carboxylic acids is 2. The van der Waals surface area contributed by atoms with Crippen molar-refractivity contribution in [3.05, 3.63) is 24.3 Å². The van der Waals surface area contributed by atoms with Crippen LogP contribution < -0.4 is 16.4 Å². The lowest BCUT2D eigenvalue weighted by Gasteiger charge is -2.16. The van der Waals surface area contributed by atoms with E-state index < -0.39 is 6.10 Å². The highest BCUT2D eigenvalue weighted by Gasteiger charge is 2.17. The van der Waals surface area contributed by atoms with E-state index in [9.17, 15) is 9.59 Å². The fourth-order valence-corrected chi connectivity index (χ4v) is 1.52. The molecule has 1 aromatic carbocycles. The molecule has 6 nitrogen and oxygen atoms in total. The standard InChI is InChI=1S/C15H23N3O3.ClH/c1-9(10(2)16)14(19)17-12-6-5-7-13(8-12)18-15(20)11(3)21-4;/h5-11H,16H2,1-4H3,(H,17,19)(H,18,20);1H. The second-order valence-corrected chi connectivity index (χ2v) is 5.09. The van der Waals surface area contributed by atoms with Crippen LogP contribution >= 0.6 is 12.4 Å². The lowest BCUT2D eigenvalue weighted by atomic mass is 10.0. The Bertz CT molecular complexity index is 509. The van der Waals surface area contributed by atoms with Crippen LogP contribution in [0.4, 0.5) is 11.4 Å². The Morgan fingerprint density at radius 1 is 1.09 bits per heavy atom. The molecule has 0 fully saturated rings. The van der Waals surface area contributed by atoms with Gasteiger partial charge in [0.1, 0.15) is 6.10 Å². The van der Waals surface area contributed by atoms with Crippen LogP contribution in [-0.4, -0.2) is 31.1 Å². The Hall–Kier alpha value is -1.63. The zero-order chi connectivity index (χ0) is 16.0. The van der Waals surface area contributed by atoms with E-state index in [2.05, 4.69) is 10.6 Å². The van der Waals surface area contributed by atoms with Crippen molar-refractivity contribution in [2.75, 3.05) is 17.7 Å². The molecular formula is C15H24ClN3O3. The molecule has 0 aliphatic heterocycles. The third kappa shape index (κ3) is 6.01. The summed E-state index contributed by atoms with van der Waals surface area (Å²) in [6, 6.07) is 6.70. The number of anilines is 2. The summed E-state index contributed by atoms with van der Waals surface area (Å²) in [6.07, 6.45) is -0.540. The first-order chi connectivity index (χ1) is 9.85. The summed E-state index contributed by atoms with van der Waals surface area (Å²) in [7, 11) is 1.47. The maximum atomic E-state index is 11.9. The van der Waals surface area contributed by atoms with Gasteiger partial charge >= 0.3 is 0 Å². The molecule has 0 aromatic heterocycles. The average Bonchev–Trinajstić information content (AvgIpc) is 2.45. The highest BCUT2D eigenvalue weighted by molar-refractivity contribution is 5.96. The number of benzene rings is 1. The Kier molecular flexibility index (Phi) is 8.70. The molecule has 3 atom stereocenters. The molecule has 0 saturated heterocycles. The first-order valence-electron chi connectivity index (χ1n) is 6.85. The Labute approximate surface area is 137 Å². The van der Waals surface area contributed by atoms with Gasteiger partial charge in [0.05, 0.1) is 5.92 Å². The maximum Gasteiger partial charge on any atom is 0.253 e. The molecule has 0 saturated carbocycles. The molecule has 0 aliphatic rings. The average molecular weight is 330 g/mol. The highest BCUT2D eigenvalue weighted by Crippen LogP contribution is 2.16. The summed E-state index contributed by atoms with van der Waals surface area (Å²) in [5.74, 6) is -0.694. The summed E-state index contributed by atoms with van der Waals surface area (Å²) in [6.45, 7) is 5.21. The number of amides is 2. The normalized spacial score (nSPS) is 14.2. The van der Waals surface area contributed by atoms with Gasteiger partial charge in [-0.2, -0.15) is 0 Å². The van der Waals surface area contributed by atoms with Crippen LogP contribution in [0.25, 0.3) is 0 Å². The van der Waals surface area contributed by atoms with Crippen molar-refractivity contribution in [3.63, 3.8) is 0 Å². The predicted molar refractivity (Wildman–Crippen MR) is 90.2 cm³/mol. The zero-order valence-corrected chi connectivity index (χ0v) is 14.1. The van der Waals surface area contributed by atoms with Gasteiger partial charge in [-0.3, -0.25) is 9.59 Å². The molecule has 1 aromatic rings. The van der Waals surface area contributed by atoms with Crippen LogP contribution in [0.3, 0.4) is 0 Å². The molecule has 124 valence electrons. The lowest BCUT2D eigenvalue weighted by molar-refractivity contribution is -0.124. The van der Waals surface area contributed by atoms with Gasteiger partial charge in [0.15, 0.2) is 0 Å². The highest BCUT2D eigenvalue weighted by atomic mass is 35.5. The predicted octanol–water partition coefficient (Wildman–Crippen LogP) is 2.00. The Morgan fingerprint density at radius 3 is 2.05 bits per heavy atom. The number of methoxy groups -OCH3 is 1. The van der Waals surface area contributed by atoms with Crippen LogP contribution in [-0.2, 0) is 14.3 Å². The smallest absolute Gasteiger partial charge is 0.253 e. The minimum Gasteiger partial charge on any atom is -0.372 e. The number of carbonyl (C=O) groups is 2. The summed E-state index contributed by atoms with van der Waals surface area (Å²) < 4.78 is 4.94. The van der Waals surface area contributed by atoms with E-state index in [0.29, 0.717) is 11.4 Å². The lowest BCUT2D eigenvalue weighted by Crippen LogP contribution is -2.34. The number of nitrogens with two attached hydrogens (primary N) is 1. The molecule has 0 spiro atoms. The first-order valence-corrected chi connectivity index (χ1v) is 6.85. The molecular weight excluding hydrogens is 306 g/mol. The van der Waals surface area contributed by atoms with Gasteiger partial charge in [0.2, 0.25) is 5.91 Å². The summed E-state index contributed by atoms with van der Waals surface area (Å²) >= 11 is 0. The Morgan fingerprint density at radius 2 is 1.59 bits per heavy atom. The van der Waals surface area contributed by atoms with Gasteiger partial charge in [0.25, 0.3) is 5.91 Å². The van der Waals surface area contributed by atoms with Crippen LogP contribution in [0.15, 0.2) is 24.3 Å². The minimum absolute atomic E-state index is 0. The van der Waals surface area contributed by atoms with E-state index in [1.165, 1.54) is 7.11 Å². The van der Waals surface area contributed by atoms with Gasteiger partial charge in [-0.05, 0) is 32.0 Å². The van der Waals surface area contributed by atoms with E-state index in [-0.39, 0.29) is 36.2 Å². The monoisotopic (exact) mass is 329 g/mol. The molecule has 7 heteroatoms. The van der Waals surface area contributed by atoms with Gasteiger partial charge < -0.3 is 21.1 Å². The topological polar surface area (TPSA) is 93.5 Å². The van der Waals surface area contributed by atoms with Crippen molar-refractivity contribution in [1.82, 2.24) is 0 Å². The molecule has 3 unspecified atom stereocenters. The van der Waals surface area contributed by atoms with Crippen molar-refractivity contribution in [1.29, 1.82) is 0 Å². The van der Waals surface area contributed by atoms with Crippen molar-refractivity contribution in [2.24, 2.45) is 11.7 Å². The van der Waals surface area contributed by atoms with Crippen molar-refractivity contribution in [3.8, 4) is 0 Å². The van der Waals surface area contributed by atoms with E-state index >= 15 is 0 Å². The van der Waals surface area contributed by atoms with Gasteiger partial charge in [-0.15, -0.1) is 12.4 Å². The number of ether oxygens (including phenoxy) is 1. The summed E-state index contributed by atoms with van der Waals surface area (Å²) in [4.78, 5) is 23.7. The number of hydrogen-bond acceptors (Lipinski definition) is 4. The second kappa shape index (κ2) is 9.40. The Balaban J connectivity index is 0.00000441. The van der Waals surface area contributed by atoms with E-state index in [4.69, 9.17) is 10.5 Å². The van der Waals surface area contributed by atoms with E-state index in [1.807, 2.05) is 0 Å². The zero-order valence-electron chi connectivity index (χ0n) is 13.3. The van der Waals surface area contributed by atoms with Crippen LogP contribution in [0.5, 0.6) is 0 Å². The van der Waals surface area contributed by atoms with Crippen molar-refractivity contribution in [2.45, 2.75) is 32.9 Å². The molecule has 4 N–H and O–H groups in total. The minimum atomic E-state index is -0.540. The van der Waals surface area contributed by atoms with Crippen molar-refractivity contribution < 1.29 is 14.3 Å². The number of halogens is 1. The van der Waals surface area contributed by atoms with Crippen LogP contribution in [0, 0.1) is 5.92 Å². The molecule has 2 amide bonds. The number of rotatable bonds is 6. The van der Waals surface area contributed by atoms with Crippen LogP contribution in [0.2, 0.25) is 0 Å². The molecule has 0 radical (unpaired) electrons. The fraction of sp³-hybridized carbons (Fsp3) is 0.467. The molecule has 0 heterocycles. The summed E-state index contributed by atoms with van der Waals surface area (Å²) in [5.41, 5.74) is 6.90. The largest absolute Gasteiger partial charge is 0.372 e. The maximum absolute atomic E-state index is 11.9. The SMILES string of the molecule is COC(C)C(=O)Nc1cccc(NC(=O)C(C)C(C)N)c1.Cl. The molecule has 22 heavy (non-hydrogen) atoms.